The van der Waals surface area contributed by atoms with Crippen LogP contribution in [0.5, 0.6) is 0 Å². The molecule has 0 atom stereocenters. The van der Waals surface area contributed by atoms with E-state index in [9.17, 15) is 14.9 Å². The van der Waals surface area contributed by atoms with E-state index >= 15 is 0 Å². The van der Waals surface area contributed by atoms with Crippen LogP contribution in [-0.4, -0.2) is 10.8 Å². The van der Waals surface area contributed by atoms with Crippen LogP contribution in [0, 0.1) is 10.1 Å². The van der Waals surface area contributed by atoms with Crippen LogP contribution in [0.4, 0.5) is 11.4 Å². The Morgan fingerprint density at radius 1 is 1.15 bits per heavy atom. The maximum atomic E-state index is 11.4. The summed E-state index contributed by atoms with van der Waals surface area (Å²) >= 11 is 0. The second-order valence-electron chi connectivity index (χ2n) is 4.29. The smallest absolute Gasteiger partial charge is 0.270 e. The molecule has 0 radical (unpaired) electrons. The van der Waals surface area contributed by atoms with Crippen LogP contribution in [0.2, 0.25) is 0 Å². The van der Waals surface area contributed by atoms with Gasteiger partial charge in [0.15, 0.2) is 0 Å². The molecule has 2 rings (SSSR count). The lowest BCUT2D eigenvalue weighted by Gasteiger charge is -2.06. The molecule has 0 aromatic heterocycles. The monoisotopic (exact) mass is 270 g/mol. The summed E-state index contributed by atoms with van der Waals surface area (Å²) in [6.45, 7) is 1.78. The van der Waals surface area contributed by atoms with Crippen molar-refractivity contribution in [2.75, 3.05) is 5.32 Å². The van der Waals surface area contributed by atoms with Gasteiger partial charge in [-0.2, -0.15) is 0 Å². The molecule has 0 bridgehead atoms. The van der Waals surface area contributed by atoms with Crippen molar-refractivity contribution in [3.63, 3.8) is 0 Å². The Hall–Kier alpha value is -2.69. The van der Waals surface area contributed by atoms with Gasteiger partial charge in [0, 0.05) is 24.2 Å². The van der Waals surface area contributed by atoms with Crippen LogP contribution in [-0.2, 0) is 4.79 Å². The summed E-state index contributed by atoms with van der Waals surface area (Å²) in [4.78, 5) is 21.7. The molecule has 0 spiro atoms. The van der Waals surface area contributed by atoms with Gasteiger partial charge in [-0.15, -0.1) is 0 Å². The average Bonchev–Trinajstić information content (AvgIpc) is 2.47. The maximum absolute atomic E-state index is 11.4. The Morgan fingerprint density at radius 2 is 1.80 bits per heavy atom. The minimum absolute atomic E-state index is 0.0468. The first-order chi connectivity index (χ1) is 9.60. The second-order valence-corrected chi connectivity index (χ2v) is 4.29. The topological polar surface area (TPSA) is 72.2 Å². The van der Waals surface area contributed by atoms with Gasteiger partial charge in [0.05, 0.1) is 4.92 Å². The number of benzene rings is 2. The first-order valence-electron chi connectivity index (χ1n) is 6.25. The third-order valence-corrected chi connectivity index (χ3v) is 2.86. The molecule has 0 unspecified atom stereocenters. The number of hydrogen-bond acceptors (Lipinski definition) is 3. The molecule has 0 saturated carbocycles. The van der Waals surface area contributed by atoms with Gasteiger partial charge in [0.25, 0.3) is 5.69 Å². The number of nitrogens with zero attached hydrogens (tertiary/aromatic N) is 1. The first kappa shape index (κ1) is 13.7. The number of non-ortho nitro benzene ring substituents is 1. The number of amides is 1. The highest BCUT2D eigenvalue weighted by Gasteiger charge is 2.07. The second kappa shape index (κ2) is 5.97. The van der Waals surface area contributed by atoms with Gasteiger partial charge >= 0.3 is 0 Å². The number of carbonyl (C=O) groups is 1. The fourth-order valence-corrected chi connectivity index (χ4v) is 1.82. The van der Waals surface area contributed by atoms with Gasteiger partial charge in [0.1, 0.15) is 0 Å². The van der Waals surface area contributed by atoms with Crippen LogP contribution < -0.4 is 5.32 Å². The van der Waals surface area contributed by atoms with E-state index in [2.05, 4.69) is 5.32 Å². The number of nitro benzene ring substituents is 1. The molecule has 5 nitrogen and oxygen atoms in total. The zero-order valence-electron chi connectivity index (χ0n) is 11.0. The molecule has 1 N–H and O–H groups in total. The Balaban J connectivity index is 2.33. The first-order valence-corrected chi connectivity index (χ1v) is 6.25. The highest BCUT2D eigenvalue weighted by atomic mass is 16.6. The van der Waals surface area contributed by atoms with Gasteiger partial charge in [-0.1, -0.05) is 31.2 Å². The molecule has 2 aromatic rings. The normalized spacial score (nSPS) is 10.1. The summed E-state index contributed by atoms with van der Waals surface area (Å²) in [6.07, 6.45) is 0.404. The number of nitro groups is 1. The standard InChI is InChI=1S/C15H14N2O3/c1-2-15(18)16-13-7-3-5-11(9-13)12-6-4-8-14(10-12)17(19)20/h3-10H,2H2,1H3,(H,16,18). The predicted molar refractivity (Wildman–Crippen MR) is 77.5 cm³/mol. The summed E-state index contributed by atoms with van der Waals surface area (Å²) in [6, 6.07) is 13.6. The summed E-state index contributed by atoms with van der Waals surface area (Å²) in [7, 11) is 0. The highest BCUT2D eigenvalue weighted by molar-refractivity contribution is 5.91. The molecule has 0 fully saturated rings. The van der Waals surface area contributed by atoms with Gasteiger partial charge in [0.2, 0.25) is 5.91 Å². The van der Waals surface area contributed by atoms with Crippen molar-refractivity contribution in [1.82, 2.24) is 0 Å². The number of rotatable bonds is 4. The Labute approximate surface area is 116 Å². The van der Waals surface area contributed by atoms with Crippen molar-refractivity contribution in [1.29, 1.82) is 0 Å². The van der Waals surface area contributed by atoms with E-state index in [1.54, 1.807) is 37.3 Å². The van der Waals surface area contributed by atoms with Crippen LogP contribution >= 0.6 is 0 Å². The lowest BCUT2D eigenvalue weighted by molar-refractivity contribution is -0.384. The quantitative estimate of drug-likeness (QED) is 0.681. The van der Waals surface area contributed by atoms with Crippen LogP contribution in [0.1, 0.15) is 13.3 Å². The summed E-state index contributed by atoms with van der Waals surface area (Å²) in [5.41, 5.74) is 2.29. The van der Waals surface area contributed by atoms with Gasteiger partial charge in [-0.25, -0.2) is 0 Å². The van der Waals surface area contributed by atoms with Crippen molar-refractivity contribution in [3.8, 4) is 11.1 Å². The molecule has 0 saturated heterocycles. The minimum atomic E-state index is -0.424. The van der Waals surface area contributed by atoms with Crippen molar-refractivity contribution < 1.29 is 9.72 Å². The lowest BCUT2D eigenvalue weighted by atomic mass is 10.0. The molecular formula is C15H14N2O3. The van der Waals surface area contributed by atoms with Gasteiger partial charge in [-0.3, -0.25) is 14.9 Å². The number of nitrogens with one attached hydrogen (secondary N) is 1. The van der Waals surface area contributed by atoms with E-state index in [1.807, 2.05) is 6.07 Å². The zero-order chi connectivity index (χ0) is 14.5. The molecule has 102 valence electrons. The lowest BCUT2D eigenvalue weighted by Crippen LogP contribution is -2.09. The molecule has 20 heavy (non-hydrogen) atoms. The molecule has 0 aliphatic heterocycles. The Morgan fingerprint density at radius 3 is 2.45 bits per heavy atom. The number of carbonyl (C=O) groups excluding carboxylic acids is 1. The van der Waals surface area contributed by atoms with Crippen molar-refractivity contribution in [3.05, 3.63) is 58.6 Å². The molecule has 0 heterocycles. The maximum Gasteiger partial charge on any atom is 0.270 e. The molecule has 2 aromatic carbocycles. The largest absolute Gasteiger partial charge is 0.326 e. The SMILES string of the molecule is CCC(=O)Nc1cccc(-c2cccc([N+](=O)[O-])c2)c1. The Bertz CT molecular complexity index is 653. The summed E-state index contributed by atoms with van der Waals surface area (Å²) < 4.78 is 0. The van der Waals surface area contributed by atoms with E-state index in [1.165, 1.54) is 12.1 Å². The molecule has 0 aliphatic carbocycles. The molecule has 0 aliphatic rings. The van der Waals surface area contributed by atoms with E-state index in [4.69, 9.17) is 0 Å². The minimum Gasteiger partial charge on any atom is -0.326 e. The van der Waals surface area contributed by atoms with Crippen molar-refractivity contribution in [2.45, 2.75) is 13.3 Å². The van der Waals surface area contributed by atoms with E-state index < -0.39 is 4.92 Å². The van der Waals surface area contributed by atoms with Gasteiger partial charge < -0.3 is 5.32 Å². The third kappa shape index (κ3) is 3.20. The highest BCUT2D eigenvalue weighted by Crippen LogP contribution is 2.26. The van der Waals surface area contributed by atoms with Gasteiger partial charge in [-0.05, 0) is 23.3 Å². The van der Waals surface area contributed by atoms with Crippen molar-refractivity contribution in [2.24, 2.45) is 0 Å². The van der Waals surface area contributed by atoms with E-state index in [0.29, 0.717) is 12.1 Å². The number of hydrogen-bond donors (Lipinski definition) is 1. The van der Waals surface area contributed by atoms with Crippen molar-refractivity contribution >= 4 is 17.3 Å². The average molecular weight is 270 g/mol. The predicted octanol–water partition coefficient (Wildman–Crippen LogP) is 3.61. The van der Waals surface area contributed by atoms with E-state index in [0.717, 1.165) is 11.1 Å². The van der Waals surface area contributed by atoms with E-state index in [-0.39, 0.29) is 11.6 Å². The molecule has 1 amide bonds. The van der Waals surface area contributed by atoms with Crippen LogP contribution in [0.25, 0.3) is 11.1 Å². The fourth-order valence-electron chi connectivity index (χ4n) is 1.82. The number of anilines is 1. The fraction of sp³-hybridized carbons (Fsp3) is 0.133. The summed E-state index contributed by atoms with van der Waals surface area (Å²) in [5.74, 6) is -0.0683. The Kier molecular flexibility index (Phi) is 4.10. The zero-order valence-corrected chi connectivity index (χ0v) is 11.0. The molecule has 5 heteroatoms. The van der Waals surface area contributed by atoms with Crippen LogP contribution in [0.15, 0.2) is 48.5 Å². The third-order valence-electron chi connectivity index (χ3n) is 2.86. The molecular weight excluding hydrogens is 256 g/mol. The summed E-state index contributed by atoms with van der Waals surface area (Å²) in [5, 5.41) is 13.6. The van der Waals surface area contributed by atoms with Crippen LogP contribution in [0.3, 0.4) is 0 Å².